The maximum Gasteiger partial charge on any atom is 0.335 e. The molecule has 3 rings (SSSR count). The smallest absolute Gasteiger partial charge is 0.335 e. The van der Waals surface area contributed by atoms with Crippen LogP contribution in [0.3, 0.4) is 0 Å². The van der Waals surface area contributed by atoms with Gasteiger partial charge in [0.05, 0.1) is 10.5 Å². The molecule has 1 aliphatic rings. The topological polar surface area (TPSA) is 74.7 Å². The van der Waals surface area contributed by atoms with Crippen LogP contribution in [0.5, 0.6) is 0 Å². The molecule has 0 radical (unpaired) electrons. The van der Waals surface area contributed by atoms with Crippen molar-refractivity contribution in [2.24, 2.45) is 5.92 Å². The van der Waals surface area contributed by atoms with Gasteiger partial charge in [0.1, 0.15) is 0 Å². The first-order valence-electron chi connectivity index (χ1n) is 9.88. The lowest BCUT2D eigenvalue weighted by atomic mass is 9.84. The molecule has 0 aliphatic heterocycles. The van der Waals surface area contributed by atoms with Crippen molar-refractivity contribution in [2.45, 2.75) is 56.5 Å². The molecular formula is C22H26ClNO4S. The number of carbonyl (C=O) groups is 1. The van der Waals surface area contributed by atoms with E-state index >= 15 is 0 Å². The lowest BCUT2D eigenvalue weighted by Crippen LogP contribution is -2.42. The number of nitrogens with zero attached hydrogens (tertiary/aromatic N) is 1. The normalized spacial score (nSPS) is 16.7. The Bertz CT molecular complexity index is 936. The Balaban J connectivity index is 1.94. The minimum Gasteiger partial charge on any atom is -0.478 e. The Hall–Kier alpha value is -1.89. The van der Waals surface area contributed by atoms with Crippen LogP contribution in [-0.2, 0) is 16.6 Å². The molecule has 156 valence electrons. The largest absolute Gasteiger partial charge is 0.478 e. The van der Waals surface area contributed by atoms with Crippen molar-refractivity contribution >= 4 is 27.6 Å². The van der Waals surface area contributed by atoms with Crippen LogP contribution in [0.15, 0.2) is 53.4 Å². The quantitative estimate of drug-likeness (QED) is 0.648. The van der Waals surface area contributed by atoms with E-state index < -0.39 is 16.0 Å². The fraction of sp³-hybridized carbons (Fsp3) is 0.409. The van der Waals surface area contributed by atoms with E-state index in [1.54, 1.807) is 28.6 Å². The Labute approximate surface area is 177 Å². The van der Waals surface area contributed by atoms with Crippen molar-refractivity contribution in [3.05, 3.63) is 64.7 Å². The number of aromatic carboxylic acids is 1. The summed E-state index contributed by atoms with van der Waals surface area (Å²) in [6.45, 7) is 2.18. The number of hydrogen-bond acceptors (Lipinski definition) is 3. The van der Waals surface area contributed by atoms with E-state index in [0.717, 1.165) is 31.2 Å². The molecule has 1 unspecified atom stereocenters. The zero-order chi connectivity index (χ0) is 21.0. The summed E-state index contributed by atoms with van der Waals surface area (Å²) in [4.78, 5) is 11.3. The SMILES string of the molecule is CC(C1CCCCC1)N(Cc1ccc(C(=O)O)cc1)S(=O)(=O)c1ccc(Cl)cc1. The number of hydrogen-bond donors (Lipinski definition) is 1. The minimum atomic E-state index is -3.73. The molecule has 1 saturated carbocycles. The van der Waals surface area contributed by atoms with Crippen molar-refractivity contribution in [1.82, 2.24) is 4.31 Å². The molecule has 0 aromatic heterocycles. The molecule has 0 saturated heterocycles. The van der Waals surface area contributed by atoms with Gasteiger partial charge in [0, 0.05) is 17.6 Å². The van der Waals surface area contributed by atoms with Gasteiger partial charge < -0.3 is 5.11 Å². The predicted molar refractivity (Wildman–Crippen MR) is 114 cm³/mol. The molecular weight excluding hydrogens is 410 g/mol. The lowest BCUT2D eigenvalue weighted by Gasteiger charge is -2.36. The Morgan fingerprint density at radius 3 is 2.21 bits per heavy atom. The summed E-state index contributed by atoms with van der Waals surface area (Å²) in [5, 5.41) is 9.59. The van der Waals surface area contributed by atoms with E-state index in [0.29, 0.717) is 10.9 Å². The molecule has 7 heteroatoms. The average molecular weight is 436 g/mol. The first-order chi connectivity index (χ1) is 13.8. The highest BCUT2D eigenvalue weighted by atomic mass is 35.5. The number of benzene rings is 2. The highest BCUT2D eigenvalue weighted by molar-refractivity contribution is 7.89. The molecule has 5 nitrogen and oxygen atoms in total. The Kier molecular flexibility index (Phi) is 6.98. The van der Waals surface area contributed by atoms with Gasteiger partial charge in [-0.05, 0) is 67.6 Å². The van der Waals surface area contributed by atoms with Gasteiger partial charge in [0.25, 0.3) is 0 Å². The van der Waals surface area contributed by atoms with E-state index in [1.807, 2.05) is 6.92 Å². The molecule has 0 bridgehead atoms. The summed E-state index contributed by atoms with van der Waals surface area (Å²) in [5.41, 5.74) is 0.941. The summed E-state index contributed by atoms with van der Waals surface area (Å²) in [5.74, 6) is -0.693. The van der Waals surface area contributed by atoms with Crippen LogP contribution in [0.4, 0.5) is 0 Å². The van der Waals surface area contributed by atoms with Crippen molar-refractivity contribution in [1.29, 1.82) is 0 Å². The number of halogens is 1. The van der Waals surface area contributed by atoms with Crippen molar-refractivity contribution < 1.29 is 18.3 Å². The van der Waals surface area contributed by atoms with Crippen LogP contribution in [0, 0.1) is 5.92 Å². The van der Waals surface area contributed by atoms with Crippen molar-refractivity contribution in [2.75, 3.05) is 0 Å². The van der Waals surface area contributed by atoms with Crippen molar-refractivity contribution in [3.63, 3.8) is 0 Å². The van der Waals surface area contributed by atoms with Crippen LogP contribution >= 0.6 is 11.6 Å². The van der Waals surface area contributed by atoms with Crippen molar-refractivity contribution in [3.8, 4) is 0 Å². The van der Waals surface area contributed by atoms with Gasteiger partial charge in [-0.15, -0.1) is 0 Å². The molecule has 0 heterocycles. The molecule has 0 spiro atoms. The molecule has 1 aliphatic carbocycles. The fourth-order valence-corrected chi connectivity index (χ4v) is 5.78. The third-order valence-corrected chi connectivity index (χ3v) is 7.94. The summed E-state index contributed by atoms with van der Waals surface area (Å²) in [7, 11) is -3.73. The zero-order valence-corrected chi connectivity index (χ0v) is 18.0. The first-order valence-corrected chi connectivity index (χ1v) is 11.7. The molecule has 29 heavy (non-hydrogen) atoms. The third-order valence-electron chi connectivity index (χ3n) is 5.75. The standard InChI is InChI=1S/C22H26ClNO4S/c1-16(18-5-3-2-4-6-18)24(15-17-7-9-19(10-8-17)22(25)26)29(27,28)21-13-11-20(23)12-14-21/h7-14,16,18H,2-6,15H2,1H3,(H,25,26). The van der Waals surface area contributed by atoms with Crippen LogP contribution in [0.1, 0.15) is 54.9 Å². The second-order valence-corrected chi connectivity index (χ2v) is 9.97. The third kappa shape index (κ3) is 5.18. The molecule has 2 aromatic carbocycles. The van der Waals surface area contributed by atoms with Gasteiger partial charge in [-0.3, -0.25) is 0 Å². The Morgan fingerprint density at radius 1 is 1.07 bits per heavy atom. The summed E-state index contributed by atoms with van der Waals surface area (Å²) in [6.07, 6.45) is 5.48. The number of carboxylic acids is 1. The average Bonchev–Trinajstić information content (AvgIpc) is 2.72. The van der Waals surface area contributed by atoms with E-state index in [1.165, 1.54) is 30.7 Å². The molecule has 2 aromatic rings. The van der Waals surface area contributed by atoms with Crippen LogP contribution < -0.4 is 0 Å². The minimum absolute atomic E-state index is 0.157. The zero-order valence-electron chi connectivity index (χ0n) is 16.4. The summed E-state index contributed by atoms with van der Waals surface area (Å²) in [6, 6.07) is 12.5. The Morgan fingerprint density at radius 2 is 1.66 bits per heavy atom. The predicted octanol–water partition coefficient (Wildman–Crippen LogP) is 5.20. The lowest BCUT2D eigenvalue weighted by molar-refractivity contribution is 0.0697. The van der Waals surface area contributed by atoms with Crippen LogP contribution in [-0.4, -0.2) is 29.8 Å². The van der Waals surface area contributed by atoms with Gasteiger partial charge in [-0.25, -0.2) is 13.2 Å². The van der Waals surface area contributed by atoms with E-state index in [-0.39, 0.29) is 23.0 Å². The monoisotopic (exact) mass is 435 g/mol. The molecule has 1 N–H and O–H groups in total. The number of sulfonamides is 1. The van der Waals surface area contributed by atoms with Gasteiger partial charge >= 0.3 is 5.97 Å². The molecule has 1 fully saturated rings. The highest BCUT2D eigenvalue weighted by Gasteiger charge is 2.34. The maximum absolute atomic E-state index is 13.5. The van der Waals surface area contributed by atoms with Gasteiger partial charge in [-0.2, -0.15) is 4.31 Å². The van der Waals surface area contributed by atoms with Crippen LogP contribution in [0.25, 0.3) is 0 Å². The van der Waals surface area contributed by atoms with Gasteiger partial charge in [-0.1, -0.05) is 43.0 Å². The summed E-state index contributed by atoms with van der Waals surface area (Å²) < 4.78 is 28.5. The number of carboxylic acid groups (broad SMARTS) is 1. The maximum atomic E-state index is 13.5. The van der Waals surface area contributed by atoms with Crippen LogP contribution in [0.2, 0.25) is 5.02 Å². The highest BCUT2D eigenvalue weighted by Crippen LogP contribution is 2.33. The number of rotatable bonds is 7. The van der Waals surface area contributed by atoms with E-state index in [4.69, 9.17) is 16.7 Å². The fourth-order valence-electron chi connectivity index (χ4n) is 3.97. The summed E-state index contributed by atoms with van der Waals surface area (Å²) >= 11 is 5.94. The van der Waals surface area contributed by atoms with Gasteiger partial charge in [0.2, 0.25) is 10.0 Å². The first kappa shape index (κ1) is 21.8. The second kappa shape index (κ2) is 9.28. The molecule has 1 atom stereocenters. The van der Waals surface area contributed by atoms with E-state index in [2.05, 4.69) is 0 Å². The van der Waals surface area contributed by atoms with Gasteiger partial charge in [0.15, 0.2) is 0 Å². The van der Waals surface area contributed by atoms with E-state index in [9.17, 15) is 13.2 Å². The molecule has 0 amide bonds. The second-order valence-electron chi connectivity index (χ2n) is 7.64.